The first-order valence-corrected chi connectivity index (χ1v) is 8.15. The standard InChI is InChI=1S/C17H25N3O2/c1-3-4-11-19(2)16(21)14-9-8-10-15(18-14)17(22)20-12-6-5-7-13-20/h8-10H,3-7,11-13H2,1-2H3. The van der Waals surface area contributed by atoms with E-state index >= 15 is 0 Å². The van der Waals surface area contributed by atoms with E-state index in [4.69, 9.17) is 0 Å². The molecule has 2 rings (SSSR count). The Morgan fingerprint density at radius 1 is 1.18 bits per heavy atom. The van der Waals surface area contributed by atoms with E-state index in [1.807, 2.05) is 4.90 Å². The molecule has 0 spiro atoms. The molecular weight excluding hydrogens is 278 g/mol. The van der Waals surface area contributed by atoms with Crippen molar-refractivity contribution in [2.75, 3.05) is 26.7 Å². The van der Waals surface area contributed by atoms with Gasteiger partial charge in [0, 0.05) is 26.7 Å². The number of nitrogens with zero attached hydrogens (tertiary/aromatic N) is 3. The molecule has 1 aliphatic rings. The van der Waals surface area contributed by atoms with Gasteiger partial charge < -0.3 is 9.80 Å². The molecule has 2 heterocycles. The van der Waals surface area contributed by atoms with Crippen molar-refractivity contribution < 1.29 is 9.59 Å². The third-order valence-corrected chi connectivity index (χ3v) is 4.02. The Bertz CT molecular complexity index is 524. The van der Waals surface area contributed by atoms with Gasteiger partial charge in [0.2, 0.25) is 0 Å². The van der Waals surface area contributed by atoms with E-state index in [-0.39, 0.29) is 11.8 Å². The summed E-state index contributed by atoms with van der Waals surface area (Å²) in [6.45, 7) is 4.37. The number of pyridine rings is 1. The van der Waals surface area contributed by atoms with Crippen molar-refractivity contribution in [2.24, 2.45) is 0 Å². The molecule has 120 valence electrons. The van der Waals surface area contributed by atoms with Crippen molar-refractivity contribution in [2.45, 2.75) is 39.0 Å². The van der Waals surface area contributed by atoms with E-state index in [2.05, 4.69) is 11.9 Å². The van der Waals surface area contributed by atoms with Crippen LogP contribution in [-0.4, -0.2) is 53.3 Å². The SMILES string of the molecule is CCCCN(C)C(=O)c1cccc(C(=O)N2CCCCC2)n1. The molecule has 0 bridgehead atoms. The fraction of sp³-hybridized carbons (Fsp3) is 0.588. The van der Waals surface area contributed by atoms with Gasteiger partial charge in [-0.15, -0.1) is 0 Å². The molecule has 0 N–H and O–H groups in total. The van der Waals surface area contributed by atoms with Gasteiger partial charge in [0.25, 0.3) is 11.8 Å². The van der Waals surface area contributed by atoms with Crippen LogP contribution in [0.4, 0.5) is 0 Å². The predicted octanol–water partition coefficient (Wildman–Crippen LogP) is 2.58. The molecule has 1 aromatic rings. The minimum absolute atomic E-state index is 0.0643. The van der Waals surface area contributed by atoms with Crippen molar-refractivity contribution >= 4 is 11.8 Å². The van der Waals surface area contributed by atoms with Crippen LogP contribution in [0.25, 0.3) is 0 Å². The third kappa shape index (κ3) is 4.06. The zero-order valence-corrected chi connectivity index (χ0v) is 13.5. The summed E-state index contributed by atoms with van der Waals surface area (Å²) < 4.78 is 0. The van der Waals surface area contributed by atoms with Gasteiger partial charge in [-0.25, -0.2) is 4.98 Å². The summed E-state index contributed by atoms with van der Waals surface area (Å²) >= 11 is 0. The second-order valence-electron chi connectivity index (χ2n) is 5.84. The van der Waals surface area contributed by atoms with E-state index in [1.165, 1.54) is 6.42 Å². The number of carbonyl (C=O) groups excluding carboxylic acids is 2. The summed E-state index contributed by atoms with van der Waals surface area (Å²) in [4.78, 5) is 32.6. The monoisotopic (exact) mass is 303 g/mol. The summed E-state index contributed by atoms with van der Waals surface area (Å²) in [5, 5.41) is 0. The van der Waals surface area contributed by atoms with Crippen molar-refractivity contribution in [3.63, 3.8) is 0 Å². The van der Waals surface area contributed by atoms with E-state index in [0.29, 0.717) is 17.9 Å². The second-order valence-corrected chi connectivity index (χ2v) is 5.84. The van der Waals surface area contributed by atoms with Gasteiger partial charge >= 0.3 is 0 Å². The fourth-order valence-electron chi connectivity index (χ4n) is 2.62. The lowest BCUT2D eigenvalue weighted by Gasteiger charge is -2.26. The molecule has 0 atom stereocenters. The van der Waals surface area contributed by atoms with Crippen LogP contribution in [0.1, 0.15) is 60.0 Å². The number of hydrogen-bond donors (Lipinski definition) is 0. The fourth-order valence-corrected chi connectivity index (χ4v) is 2.62. The Balaban J connectivity index is 2.08. The maximum Gasteiger partial charge on any atom is 0.272 e. The van der Waals surface area contributed by atoms with Crippen LogP contribution in [0, 0.1) is 0 Å². The number of hydrogen-bond acceptors (Lipinski definition) is 3. The molecule has 0 radical (unpaired) electrons. The number of aromatic nitrogens is 1. The van der Waals surface area contributed by atoms with Crippen LogP contribution < -0.4 is 0 Å². The molecule has 5 nitrogen and oxygen atoms in total. The molecule has 5 heteroatoms. The molecule has 22 heavy (non-hydrogen) atoms. The molecule has 1 aromatic heterocycles. The van der Waals surface area contributed by atoms with Crippen LogP contribution in [0.3, 0.4) is 0 Å². The molecule has 0 aromatic carbocycles. The highest BCUT2D eigenvalue weighted by Gasteiger charge is 2.21. The Morgan fingerprint density at radius 2 is 1.86 bits per heavy atom. The van der Waals surface area contributed by atoms with Gasteiger partial charge in [-0.3, -0.25) is 9.59 Å². The van der Waals surface area contributed by atoms with E-state index in [1.54, 1.807) is 30.1 Å². The van der Waals surface area contributed by atoms with Gasteiger partial charge in [-0.2, -0.15) is 0 Å². The minimum atomic E-state index is -0.123. The Morgan fingerprint density at radius 3 is 2.55 bits per heavy atom. The second kappa shape index (κ2) is 7.92. The normalized spacial score (nSPS) is 14.7. The highest BCUT2D eigenvalue weighted by molar-refractivity contribution is 5.96. The average molecular weight is 303 g/mol. The largest absolute Gasteiger partial charge is 0.340 e. The van der Waals surface area contributed by atoms with Gasteiger partial charge in [0.05, 0.1) is 0 Å². The lowest BCUT2D eigenvalue weighted by Crippen LogP contribution is -2.36. The summed E-state index contributed by atoms with van der Waals surface area (Å²) in [5.41, 5.74) is 0.720. The highest BCUT2D eigenvalue weighted by Crippen LogP contribution is 2.13. The first-order chi connectivity index (χ1) is 10.6. The maximum atomic E-state index is 12.5. The van der Waals surface area contributed by atoms with Crippen LogP contribution >= 0.6 is 0 Å². The molecule has 1 saturated heterocycles. The first-order valence-electron chi connectivity index (χ1n) is 8.15. The Kier molecular flexibility index (Phi) is 5.92. The summed E-state index contributed by atoms with van der Waals surface area (Å²) in [6, 6.07) is 5.11. The number of carbonyl (C=O) groups is 2. The Labute approximate surface area is 132 Å². The molecule has 0 aliphatic carbocycles. The number of amides is 2. The van der Waals surface area contributed by atoms with Crippen molar-refractivity contribution in [1.29, 1.82) is 0 Å². The quantitative estimate of drug-likeness (QED) is 0.840. The van der Waals surface area contributed by atoms with Gasteiger partial charge in [-0.05, 0) is 37.8 Å². The Hall–Kier alpha value is -1.91. The topological polar surface area (TPSA) is 53.5 Å². The summed E-state index contributed by atoms with van der Waals surface area (Å²) in [7, 11) is 1.78. The van der Waals surface area contributed by atoms with E-state index in [0.717, 1.165) is 38.8 Å². The van der Waals surface area contributed by atoms with Crippen molar-refractivity contribution in [3.05, 3.63) is 29.6 Å². The van der Waals surface area contributed by atoms with Crippen molar-refractivity contribution in [3.8, 4) is 0 Å². The average Bonchev–Trinajstić information content (AvgIpc) is 2.59. The molecule has 1 aliphatic heterocycles. The zero-order valence-electron chi connectivity index (χ0n) is 13.5. The van der Waals surface area contributed by atoms with Gasteiger partial charge in [0.1, 0.15) is 11.4 Å². The lowest BCUT2D eigenvalue weighted by atomic mass is 10.1. The molecule has 2 amide bonds. The summed E-state index contributed by atoms with van der Waals surface area (Å²) in [6.07, 6.45) is 5.28. The summed E-state index contributed by atoms with van der Waals surface area (Å²) in [5.74, 6) is -0.188. The van der Waals surface area contributed by atoms with Gasteiger partial charge in [-0.1, -0.05) is 19.4 Å². The molecule has 0 saturated carbocycles. The lowest BCUT2D eigenvalue weighted by molar-refractivity contribution is 0.0717. The smallest absolute Gasteiger partial charge is 0.272 e. The van der Waals surface area contributed by atoms with Gasteiger partial charge in [0.15, 0.2) is 0 Å². The van der Waals surface area contributed by atoms with E-state index < -0.39 is 0 Å². The van der Waals surface area contributed by atoms with Crippen LogP contribution in [-0.2, 0) is 0 Å². The first kappa shape index (κ1) is 16.5. The van der Waals surface area contributed by atoms with Crippen LogP contribution in [0.2, 0.25) is 0 Å². The van der Waals surface area contributed by atoms with Crippen molar-refractivity contribution in [1.82, 2.24) is 14.8 Å². The third-order valence-electron chi connectivity index (χ3n) is 4.02. The molecular formula is C17H25N3O2. The van der Waals surface area contributed by atoms with E-state index in [9.17, 15) is 9.59 Å². The van der Waals surface area contributed by atoms with Crippen LogP contribution in [0.15, 0.2) is 18.2 Å². The zero-order chi connectivity index (χ0) is 15.9. The molecule has 0 unspecified atom stereocenters. The maximum absolute atomic E-state index is 12.5. The minimum Gasteiger partial charge on any atom is -0.340 e. The number of rotatable bonds is 5. The number of piperidine rings is 1. The number of unbranched alkanes of at least 4 members (excludes halogenated alkanes) is 1. The number of likely N-dealkylation sites (tertiary alicyclic amines) is 1. The molecule has 1 fully saturated rings. The van der Waals surface area contributed by atoms with Crippen LogP contribution in [0.5, 0.6) is 0 Å². The predicted molar refractivity (Wildman–Crippen MR) is 85.9 cm³/mol. The highest BCUT2D eigenvalue weighted by atomic mass is 16.2.